The van der Waals surface area contributed by atoms with Gasteiger partial charge in [0.15, 0.2) is 0 Å². The van der Waals surface area contributed by atoms with Crippen molar-refractivity contribution in [2.45, 2.75) is 4.90 Å². The molecule has 0 radical (unpaired) electrons. The fourth-order valence-electron chi connectivity index (χ4n) is 0.677. The SMILES string of the molecule is O=P(O)(S)Sc1ccc(Cl)cc1Cl. The van der Waals surface area contributed by atoms with Gasteiger partial charge in [-0.05, 0) is 29.6 Å². The molecule has 1 aromatic carbocycles. The molecule has 0 aliphatic heterocycles. The summed E-state index contributed by atoms with van der Waals surface area (Å²) in [6, 6.07) is 4.68. The van der Waals surface area contributed by atoms with Gasteiger partial charge < -0.3 is 4.89 Å². The third-order valence-corrected chi connectivity index (χ3v) is 4.60. The van der Waals surface area contributed by atoms with Crippen molar-refractivity contribution in [1.82, 2.24) is 0 Å². The Bertz CT molecular complexity index is 366. The molecular weight excluding hydrogens is 270 g/mol. The number of rotatable bonds is 2. The maximum absolute atomic E-state index is 10.9. The summed E-state index contributed by atoms with van der Waals surface area (Å²) in [5, 5.41) is 0.835. The van der Waals surface area contributed by atoms with E-state index >= 15 is 0 Å². The Morgan fingerprint density at radius 1 is 1.46 bits per heavy atom. The van der Waals surface area contributed by atoms with Crippen molar-refractivity contribution in [2.24, 2.45) is 0 Å². The van der Waals surface area contributed by atoms with Crippen molar-refractivity contribution in [3.05, 3.63) is 28.2 Å². The zero-order valence-electron chi connectivity index (χ0n) is 6.15. The number of hydrogen-bond acceptors (Lipinski definition) is 2. The van der Waals surface area contributed by atoms with Crippen LogP contribution in [0, 0.1) is 0 Å². The van der Waals surface area contributed by atoms with Gasteiger partial charge in [-0.15, -0.1) is 0 Å². The minimum Gasteiger partial charge on any atom is -0.329 e. The highest BCUT2D eigenvalue weighted by Crippen LogP contribution is 2.63. The van der Waals surface area contributed by atoms with Gasteiger partial charge in [-0.25, -0.2) is 0 Å². The second-order valence-corrected chi connectivity index (χ2v) is 9.07. The van der Waals surface area contributed by atoms with Crippen LogP contribution in [0.3, 0.4) is 0 Å². The Morgan fingerprint density at radius 2 is 2.08 bits per heavy atom. The summed E-state index contributed by atoms with van der Waals surface area (Å²) in [5.74, 6) is -3.45. The minimum atomic E-state index is -3.45. The van der Waals surface area contributed by atoms with E-state index in [4.69, 9.17) is 28.1 Å². The molecule has 2 nitrogen and oxygen atoms in total. The standard InChI is InChI=1S/C6H5Cl2O2PS2/c7-4-1-2-6(5(8)3-4)13-11(9,10)12/h1-3H,(H2,9,10,12). The molecule has 0 spiro atoms. The minimum absolute atomic E-state index is 0.348. The highest BCUT2D eigenvalue weighted by atomic mass is 35.5. The molecule has 0 heterocycles. The van der Waals surface area contributed by atoms with Gasteiger partial charge in [-0.1, -0.05) is 35.5 Å². The molecule has 0 aliphatic carbocycles. The van der Waals surface area contributed by atoms with Gasteiger partial charge in [0, 0.05) is 9.92 Å². The van der Waals surface area contributed by atoms with Gasteiger partial charge in [-0.2, -0.15) is 0 Å². The molecule has 0 aliphatic rings. The Labute approximate surface area is 95.0 Å². The van der Waals surface area contributed by atoms with E-state index in [9.17, 15) is 4.57 Å². The topological polar surface area (TPSA) is 37.3 Å². The smallest absolute Gasteiger partial charge is 0.312 e. The summed E-state index contributed by atoms with van der Waals surface area (Å²) in [5.41, 5.74) is 0. The lowest BCUT2D eigenvalue weighted by Crippen LogP contribution is -1.73. The van der Waals surface area contributed by atoms with Crippen molar-refractivity contribution in [3.63, 3.8) is 0 Å². The molecule has 13 heavy (non-hydrogen) atoms. The Hall–Kier alpha value is 0.690. The molecule has 0 saturated carbocycles. The highest BCUT2D eigenvalue weighted by molar-refractivity contribution is 8.84. The van der Waals surface area contributed by atoms with E-state index in [0.717, 1.165) is 11.4 Å². The summed E-state index contributed by atoms with van der Waals surface area (Å²) in [4.78, 5) is 9.45. The molecule has 1 rings (SSSR count). The van der Waals surface area contributed by atoms with Gasteiger partial charge in [0.2, 0.25) is 0 Å². The van der Waals surface area contributed by atoms with E-state index in [1.54, 1.807) is 12.1 Å². The number of thiol groups is 1. The average molecular weight is 275 g/mol. The quantitative estimate of drug-likeness (QED) is 0.629. The molecular formula is C6H5Cl2O2PS2. The lowest BCUT2D eigenvalue weighted by molar-refractivity contribution is 0.514. The zero-order chi connectivity index (χ0) is 10.1. The first-order valence-corrected chi connectivity index (χ1v) is 8.08. The number of benzene rings is 1. The second kappa shape index (κ2) is 4.47. The van der Waals surface area contributed by atoms with Crippen molar-refractivity contribution < 1.29 is 9.46 Å². The monoisotopic (exact) mass is 274 g/mol. The van der Waals surface area contributed by atoms with Crippen LogP contribution >= 0.6 is 52.6 Å². The third kappa shape index (κ3) is 4.15. The van der Waals surface area contributed by atoms with Crippen LogP contribution in [0.1, 0.15) is 0 Å². The highest BCUT2D eigenvalue weighted by Gasteiger charge is 2.15. The maximum Gasteiger partial charge on any atom is 0.312 e. The molecule has 72 valence electrons. The third-order valence-electron chi connectivity index (χ3n) is 1.11. The first-order valence-electron chi connectivity index (χ1n) is 3.09. The first kappa shape index (κ1) is 11.8. The maximum atomic E-state index is 10.9. The lowest BCUT2D eigenvalue weighted by atomic mass is 10.4. The van der Waals surface area contributed by atoms with E-state index in [0.29, 0.717) is 14.9 Å². The predicted octanol–water partition coefficient (Wildman–Crippen LogP) is 4.12. The van der Waals surface area contributed by atoms with E-state index < -0.39 is 5.77 Å². The molecule has 1 atom stereocenters. The normalized spacial score (nSPS) is 15.4. The average Bonchev–Trinajstić information content (AvgIpc) is 1.93. The van der Waals surface area contributed by atoms with E-state index in [2.05, 4.69) is 12.2 Å². The summed E-state index contributed by atoms with van der Waals surface area (Å²) in [7, 11) is 0. The van der Waals surface area contributed by atoms with Gasteiger partial charge in [0.25, 0.3) is 0 Å². The van der Waals surface area contributed by atoms with Gasteiger partial charge in [0.05, 0.1) is 5.02 Å². The largest absolute Gasteiger partial charge is 0.329 e. The summed E-state index contributed by atoms with van der Waals surface area (Å²) < 4.78 is 10.9. The Balaban J connectivity index is 2.97. The van der Waals surface area contributed by atoms with Gasteiger partial charge in [-0.3, -0.25) is 4.57 Å². The molecule has 0 saturated heterocycles. The molecule has 1 unspecified atom stereocenters. The fraction of sp³-hybridized carbons (Fsp3) is 0. The molecule has 0 aromatic heterocycles. The molecule has 7 heteroatoms. The van der Waals surface area contributed by atoms with Crippen LogP contribution < -0.4 is 0 Å². The Kier molecular flexibility index (Phi) is 4.05. The fourth-order valence-corrected chi connectivity index (χ4v) is 3.93. The van der Waals surface area contributed by atoms with Gasteiger partial charge >= 0.3 is 5.77 Å². The van der Waals surface area contributed by atoms with Crippen LogP contribution in [0.2, 0.25) is 10.0 Å². The molecule has 0 fully saturated rings. The lowest BCUT2D eigenvalue weighted by Gasteiger charge is -2.05. The van der Waals surface area contributed by atoms with Crippen molar-refractivity contribution in [1.29, 1.82) is 0 Å². The van der Waals surface area contributed by atoms with Crippen LogP contribution in [-0.4, -0.2) is 4.89 Å². The van der Waals surface area contributed by atoms with Crippen molar-refractivity contribution in [2.75, 3.05) is 0 Å². The predicted molar refractivity (Wildman–Crippen MR) is 61.1 cm³/mol. The summed E-state index contributed by atoms with van der Waals surface area (Å²) in [6.45, 7) is 0. The van der Waals surface area contributed by atoms with Crippen molar-refractivity contribution >= 4 is 52.6 Å². The van der Waals surface area contributed by atoms with Crippen LogP contribution in [-0.2, 0) is 4.57 Å². The molecule has 0 bridgehead atoms. The number of hydrogen-bond donors (Lipinski definition) is 2. The molecule has 1 N–H and O–H groups in total. The van der Waals surface area contributed by atoms with E-state index in [1.165, 1.54) is 6.07 Å². The molecule has 0 amide bonds. The van der Waals surface area contributed by atoms with Crippen molar-refractivity contribution in [3.8, 4) is 0 Å². The number of halogens is 2. The van der Waals surface area contributed by atoms with Crippen LogP contribution in [0.15, 0.2) is 23.1 Å². The van der Waals surface area contributed by atoms with E-state index in [-0.39, 0.29) is 0 Å². The summed E-state index contributed by atoms with van der Waals surface area (Å²) in [6.07, 6.45) is 0. The van der Waals surface area contributed by atoms with Crippen LogP contribution in [0.5, 0.6) is 0 Å². The van der Waals surface area contributed by atoms with Crippen LogP contribution in [0.25, 0.3) is 0 Å². The second-order valence-electron chi connectivity index (χ2n) is 2.16. The zero-order valence-corrected chi connectivity index (χ0v) is 10.3. The summed E-state index contributed by atoms with van der Waals surface area (Å²) >= 11 is 15.7. The first-order chi connectivity index (χ1) is 5.88. The van der Waals surface area contributed by atoms with Crippen LogP contribution in [0.4, 0.5) is 0 Å². The Morgan fingerprint density at radius 3 is 2.54 bits per heavy atom. The van der Waals surface area contributed by atoms with Gasteiger partial charge in [0.1, 0.15) is 0 Å². The molecule has 1 aromatic rings. The van der Waals surface area contributed by atoms with E-state index in [1.807, 2.05) is 0 Å².